The first-order chi connectivity index (χ1) is 15.9. The molecular weight excluding hydrogens is 456 g/mol. The average molecular weight is 491 g/mol. The van der Waals surface area contributed by atoms with Crippen LogP contribution in [0.5, 0.6) is 28.7 Å². The molecule has 4 rings (SSSR count). The van der Waals surface area contributed by atoms with Crippen LogP contribution in [-0.4, -0.2) is 51.8 Å². The highest BCUT2D eigenvalue weighted by atomic mass is 35.5. The molecule has 1 atom stereocenters. The van der Waals surface area contributed by atoms with E-state index in [-0.39, 0.29) is 18.3 Å². The van der Waals surface area contributed by atoms with E-state index in [0.29, 0.717) is 52.2 Å². The van der Waals surface area contributed by atoms with Gasteiger partial charge in [-0.2, -0.15) is 0 Å². The Morgan fingerprint density at radius 2 is 1.71 bits per heavy atom. The summed E-state index contributed by atoms with van der Waals surface area (Å²) >= 11 is 0. The second-order valence-electron chi connectivity index (χ2n) is 9.30. The molecule has 2 aliphatic rings. The number of halogens is 1. The summed E-state index contributed by atoms with van der Waals surface area (Å²) in [5.41, 5.74) is 7.48. The number of nitrogens with zero attached hydrogens (tertiary/aromatic N) is 1. The number of carbonyl (C=O) groups excluding carboxylic acids is 1. The van der Waals surface area contributed by atoms with Gasteiger partial charge < -0.3 is 29.6 Å². The van der Waals surface area contributed by atoms with Crippen LogP contribution in [0, 0.1) is 11.3 Å². The van der Waals surface area contributed by atoms with Gasteiger partial charge in [0.05, 0.1) is 26.9 Å². The molecule has 2 aromatic carbocycles. The number of benzene rings is 2. The lowest BCUT2D eigenvalue weighted by Gasteiger charge is -2.37. The monoisotopic (exact) mass is 490 g/mol. The van der Waals surface area contributed by atoms with Crippen molar-refractivity contribution in [2.75, 3.05) is 41.0 Å². The summed E-state index contributed by atoms with van der Waals surface area (Å²) in [5.74, 6) is 2.50. The predicted molar refractivity (Wildman–Crippen MR) is 134 cm³/mol. The first-order valence-electron chi connectivity index (χ1n) is 11.5. The van der Waals surface area contributed by atoms with E-state index < -0.39 is 0 Å². The highest BCUT2D eigenvalue weighted by Crippen LogP contribution is 2.54. The number of piperidine rings is 1. The maximum Gasteiger partial charge on any atom is 0.257 e. The highest BCUT2D eigenvalue weighted by Gasteiger charge is 2.48. The zero-order valence-electron chi connectivity index (χ0n) is 20.4. The van der Waals surface area contributed by atoms with Crippen LogP contribution in [0.3, 0.4) is 0 Å². The second-order valence-corrected chi connectivity index (χ2v) is 9.30. The Morgan fingerprint density at radius 1 is 1.06 bits per heavy atom. The van der Waals surface area contributed by atoms with Crippen LogP contribution in [0.15, 0.2) is 30.3 Å². The Hall–Kier alpha value is -2.64. The zero-order valence-corrected chi connectivity index (χ0v) is 21.2. The number of hydrogen-bond donors (Lipinski definition) is 1. The van der Waals surface area contributed by atoms with E-state index in [2.05, 4.69) is 6.92 Å². The van der Waals surface area contributed by atoms with E-state index in [1.165, 1.54) is 33.5 Å². The summed E-state index contributed by atoms with van der Waals surface area (Å²) in [4.78, 5) is 15.7. The average Bonchev–Trinajstić information content (AvgIpc) is 3.56. The van der Waals surface area contributed by atoms with E-state index in [1.54, 1.807) is 13.2 Å². The Balaban J connectivity index is 0.00000324. The summed E-state index contributed by atoms with van der Waals surface area (Å²) in [6, 6.07) is 9.42. The number of methoxy groups -OCH3 is 3. The van der Waals surface area contributed by atoms with E-state index >= 15 is 0 Å². The highest BCUT2D eigenvalue weighted by molar-refractivity contribution is 5.99. The van der Waals surface area contributed by atoms with Crippen molar-refractivity contribution in [2.24, 2.45) is 17.1 Å². The molecular formula is C26H35ClN2O5. The summed E-state index contributed by atoms with van der Waals surface area (Å²) in [5, 5.41) is 0. The quantitative estimate of drug-likeness (QED) is 0.578. The van der Waals surface area contributed by atoms with Gasteiger partial charge in [0.2, 0.25) is 11.5 Å². The molecule has 8 heteroatoms. The van der Waals surface area contributed by atoms with Gasteiger partial charge in [-0.25, -0.2) is 0 Å². The number of nitrogens with two attached hydrogens (primary N) is 1. The molecule has 1 unspecified atom stereocenters. The lowest BCUT2D eigenvalue weighted by molar-refractivity contribution is 0.0576. The number of hydrogen-bond acceptors (Lipinski definition) is 6. The van der Waals surface area contributed by atoms with Gasteiger partial charge in [-0.1, -0.05) is 19.1 Å². The molecule has 1 saturated carbocycles. The molecule has 7 nitrogen and oxygen atoms in total. The molecule has 2 aromatic rings. The first kappa shape index (κ1) is 26.0. The Morgan fingerprint density at radius 3 is 2.26 bits per heavy atom. The van der Waals surface area contributed by atoms with Crippen LogP contribution >= 0.6 is 12.4 Å². The van der Waals surface area contributed by atoms with E-state index in [9.17, 15) is 4.79 Å². The minimum Gasteiger partial charge on any atom is -0.492 e. The fourth-order valence-electron chi connectivity index (χ4n) is 5.01. The number of rotatable bonds is 8. The summed E-state index contributed by atoms with van der Waals surface area (Å²) < 4.78 is 23.0. The molecule has 1 saturated heterocycles. The van der Waals surface area contributed by atoms with Crippen LogP contribution in [0.2, 0.25) is 0 Å². The molecule has 1 heterocycles. The van der Waals surface area contributed by atoms with E-state index in [0.717, 1.165) is 25.1 Å². The molecule has 2 N–H and O–H groups in total. The number of amides is 1. The molecule has 0 radical (unpaired) electrons. The first-order valence-corrected chi connectivity index (χ1v) is 11.5. The van der Waals surface area contributed by atoms with Crippen molar-refractivity contribution in [1.82, 2.24) is 4.90 Å². The van der Waals surface area contributed by atoms with Crippen molar-refractivity contribution >= 4 is 18.3 Å². The largest absolute Gasteiger partial charge is 0.492 e. The van der Waals surface area contributed by atoms with Gasteiger partial charge >= 0.3 is 0 Å². The normalized spacial score (nSPS) is 18.1. The third-order valence-electron chi connectivity index (χ3n) is 6.67. The Kier molecular flexibility index (Phi) is 8.21. The number of likely N-dealkylation sites (tertiary alicyclic amines) is 1. The third-order valence-corrected chi connectivity index (χ3v) is 6.67. The van der Waals surface area contributed by atoms with Crippen molar-refractivity contribution in [3.05, 3.63) is 41.5 Å². The van der Waals surface area contributed by atoms with Crippen LogP contribution in [0.1, 0.15) is 42.1 Å². The number of carbonyl (C=O) groups is 1. The van der Waals surface area contributed by atoms with Crippen molar-refractivity contribution < 1.29 is 23.7 Å². The third kappa shape index (κ3) is 5.20. The minimum atomic E-state index is -0.0752. The van der Waals surface area contributed by atoms with Gasteiger partial charge in [0, 0.05) is 19.2 Å². The lowest BCUT2D eigenvalue weighted by atomic mass is 9.87. The van der Waals surface area contributed by atoms with Crippen molar-refractivity contribution in [3.63, 3.8) is 0 Å². The van der Waals surface area contributed by atoms with Gasteiger partial charge in [0.15, 0.2) is 11.5 Å². The molecule has 1 aliphatic heterocycles. The summed E-state index contributed by atoms with van der Waals surface area (Å²) in [6.07, 6.45) is 4.38. The fraction of sp³-hybridized carbons (Fsp3) is 0.500. The van der Waals surface area contributed by atoms with Crippen LogP contribution in [0.4, 0.5) is 0 Å². The molecule has 0 aromatic heterocycles. The number of ether oxygens (including phenoxy) is 4. The standard InChI is InChI=1S/C26H34N2O5.ClH/c1-17-14-26(10-11-26)16-28(15-17)25(29)20-13-21(23(31-3)24(32-4)22(20)30-2)33-19-7-5-18(6-8-19)9-12-27;/h5-8,13,17H,9-12,14-16,27H2,1-4H3;1H. The van der Waals surface area contributed by atoms with Gasteiger partial charge in [-0.15, -0.1) is 12.4 Å². The molecule has 1 amide bonds. The second kappa shape index (κ2) is 10.7. The van der Waals surface area contributed by atoms with Gasteiger partial charge in [-0.3, -0.25) is 4.79 Å². The van der Waals surface area contributed by atoms with Gasteiger partial charge in [0.25, 0.3) is 5.91 Å². The van der Waals surface area contributed by atoms with E-state index in [4.69, 9.17) is 24.7 Å². The van der Waals surface area contributed by atoms with E-state index in [1.807, 2.05) is 29.2 Å². The minimum absolute atomic E-state index is 0. The SMILES string of the molecule is COc1c(Oc2ccc(CCN)cc2)cc(C(=O)N2CC(C)CC3(CC3)C2)c(OC)c1OC.Cl. The maximum absolute atomic E-state index is 13.7. The molecule has 34 heavy (non-hydrogen) atoms. The van der Waals surface area contributed by atoms with Gasteiger partial charge in [0.1, 0.15) is 5.75 Å². The Bertz CT molecular complexity index is 1010. The van der Waals surface area contributed by atoms with Crippen LogP contribution < -0.4 is 24.7 Å². The fourth-order valence-corrected chi connectivity index (χ4v) is 5.01. The van der Waals surface area contributed by atoms with Crippen molar-refractivity contribution in [1.29, 1.82) is 0 Å². The summed E-state index contributed by atoms with van der Waals surface area (Å²) in [6.45, 7) is 4.32. The summed E-state index contributed by atoms with van der Waals surface area (Å²) in [7, 11) is 4.60. The smallest absolute Gasteiger partial charge is 0.257 e. The molecule has 1 spiro atoms. The predicted octanol–water partition coefficient (Wildman–Crippen LogP) is 4.69. The maximum atomic E-state index is 13.7. The van der Waals surface area contributed by atoms with Crippen molar-refractivity contribution in [3.8, 4) is 28.7 Å². The molecule has 0 bridgehead atoms. The molecule has 2 fully saturated rings. The molecule has 186 valence electrons. The zero-order chi connectivity index (χ0) is 23.6. The topological polar surface area (TPSA) is 83.3 Å². The molecule has 1 aliphatic carbocycles. The van der Waals surface area contributed by atoms with Crippen molar-refractivity contribution in [2.45, 2.75) is 32.6 Å². The van der Waals surface area contributed by atoms with Crippen LogP contribution in [0.25, 0.3) is 0 Å². The van der Waals surface area contributed by atoms with Crippen LogP contribution in [-0.2, 0) is 6.42 Å². The van der Waals surface area contributed by atoms with Gasteiger partial charge in [-0.05, 0) is 61.3 Å². The Labute approximate surface area is 207 Å². The lowest BCUT2D eigenvalue weighted by Crippen LogP contribution is -2.44.